The Kier molecular flexibility index (Phi) is 32.3. The third kappa shape index (κ3) is 22.4. The van der Waals surface area contributed by atoms with E-state index in [-0.39, 0.29) is 103 Å². The van der Waals surface area contributed by atoms with Crippen molar-refractivity contribution in [2.45, 2.75) is 268 Å². The van der Waals surface area contributed by atoms with Gasteiger partial charge in [-0.1, -0.05) is 66.0 Å². The molecule has 112 heavy (non-hydrogen) atoms. The Morgan fingerprint density at radius 1 is 0.661 bits per heavy atom. The molecule has 4 saturated carbocycles. The van der Waals surface area contributed by atoms with Gasteiger partial charge in [-0.05, 0) is 146 Å². The summed E-state index contributed by atoms with van der Waals surface area (Å²) in [4.78, 5) is 193. The van der Waals surface area contributed by atoms with Gasteiger partial charge in [-0.25, -0.2) is 8.78 Å². The number of fused-ring (bicyclic) bond motifs is 3. The highest BCUT2D eigenvalue weighted by atomic mass is 19.4. The largest absolute Gasteiger partial charge is 0.397 e. The SMILES string of the molecule is CCCOC[C@H]1C(=O)N[C@@H]([C@@H](C)CC)C(=O)N(C)CC(=O)N(C)[C@H]2C/C=C\CCN(C2=O)[C@@H](CC2CCC(C(F)(F)F)CC2)C(=O)N(C)CC(=O)N[C@@H](CCC2CC(F)C(C(F)(F)F)C(F)C2)C(=O)N2C[C@H](OCC)C[C@H]2C(=O)NC2(CC(C)(C)C2)C(=O)N(C)[C@@H](C2CCCC2)C(=O)N(C)[C@H](C(=O)N(C)CC)CC(=O)N1C. The lowest BCUT2D eigenvalue weighted by Crippen LogP contribution is -2.71. The topological polar surface area (TPSA) is 289 Å². The molecule has 0 aromatic carbocycles. The maximum atomic E-state index is 15.8. The number of nitrogens with one attached hydrogen (secondary N) is 3. The number of amides is 12. The number of carbonyl (C=O) groups is 12. The summed E-state index contributed by atoms with van der Waals surface area (Å²) < 4.78 is 128. The third-order valence-corrected chi connectivity index (χ3v) is 24.6. The minimum atomic E-state index is -5.22. The van der Waals surface area contributed by atoms with Gasteiger partial charge in [0.05, 0.1) is 38.1 Å². The summed E-state index contributed by atoms with van der Waals surface area (Å²) in [6.07, 6.45) is -13.6. The zero-order chi connectivity index (χ0) is 83.4. The van der Waals surface area contributed by atoms with E-state index in [1.807, 2.05) is 20.8 Å². The Hall–Kier alpha value is -7.26. The minimum Gasteiger partial charge on any atom is -0.379 e. The van der Waals surface area contributed by atoms with Gasteiger partial charge >= 0.3 is 12.4 Å². The molecule has 3 N–H and O–H groups in total. The predicted molar refractivity (Wildman–Crippen MR) is 397 cm³/mol. The minimum absolute atomic E-state index is 0.00174. The quantitative estimate of drug-likeness (QED) is 0.0818. The second-order valence-electron chi connectivity index (χ2n) is 33.4. The molecule has 0 aromatic heterocycles. The smallest absolute Gasteiger partial charge is 0.379 e. The molecule has 0 aromatic rings. The van der Waals surface area contributed by atoms with E-state index >= 15 is 42.3 Å². The summed E-state index contributed by atoms with van der Waals surface area (Å²) in [5.74, 6) is -17.2. The number of likely N-dealkylation sites (N-methyl/N-ethyl adjacent to an activating group) is 7. The van der Waals surface area contributed by atoms with E-state index in [1.165, 1.54) is 64.0 Å². The van der Waals surface area contributed by atoms with E-state index in [2.05, 4.69) is 16.0 Å². The molecule has 3 aliphatic heterocycles. The number of rotatable bonds is 16. The highest BCUT2D eigenvalue weighted by Gasteiger charge is 2.60. The molecule has 2 unspecified atom stereocenters. The Balaban J connectivity index is 1.35. The van der Waals surface area contributed by atoms with Crippen LogP contribution in [0.1, 0.15) is 183 Å². The monoisotopic (exact) mass is 1600 g/mol. The average molecular weight is 1600 g/mol. The number of ether oxygens (including phenoxy) is 2. The molecule has 634 valence electrons. The van der Waals surface area contributed by atoms with Crippen molar-refractivity contribution in [1.82, 2.24) is 60.0 Å². The van der Waals surface area contributed by atoms with E-state index < -0.39 is 242 Å². The van der Waals surface area contributed by atoms with Crippen LogP contribution in [0, 0.1) is 40.9 Å². The molecule has 12 atom stereocenters. The molecule has 2 saturated heterocycles. The molecule has 34 heteroatoms. The van der Waals surface area contributed by atoms with Crippen LogP contribution in [0.3, 0.4) is 0 Å². The highest BCUT2D eigenvalue weighted by molar-refractivity contribution is 6.01. The van der Waals surface area contributed by atoms with Crippen LogP contribution in [0.4, 0.5) is 35.1 Å². The van der Waals surface area contributed by atoms with Crippen LogP contribution in [-0.4, -0.2) is 302 Å². The van der Waals surface area contributed by atoms with Crippen molar-refractivity contribution in [3.63, 3.8) is 0 Å². The molecule has 7 aliphatic rings. The van der Waals surface area contributed by atoms with Gasteiger partial charge in [0, 0.05) is 88.6 Å². The van der Waals surface area contributed by atoms with Crippen LogP contribution in [0.15, 0.2) is 12.2 Å². The lowest BCUT2D eigenvalue weighted by molar-refractivity contribution is -0.219. The van der Waals surface area contributed by atoms with E-state index in [0.29, 0.717) is 38.5 Å². The Bertz CT molecular complexity index is 3340. The van der Waals surface area contributed by atoms with Gasteiger partial charge in [0.1, 0.15) is 72.1 Å². The fourth-order valence-electron chi connectivity index (χ4n) is 17.9. The highest BCUT2D eigenvalue weighted by Crippen LogP contribution is 2.50. The zero-order valence-electron chi connectivity index (χ0n) is 67.7. The second kappa shape index (κ2) is 39.4. The Morgan fingerprint density at radius 2 is 1.29 bits per heavy atom. The summed E-state index contributed by atoms with van der Waals surface area (Å²) in [7, 11) is 9.39. The summed E-state index contributed by atoms with van der Waals surface area (Å²) in [5, 5.41) is 8.43. The first-order valence-electron chi connectivity index (χ1n) is 40.0. The van der Waals surface area contributed by atoms with Crippen molar-refractivity contribution in [2.24, 2.45) is 40.9 Å². The molecule has 0 radical (unpaired) electrons. The average Bonchev–Trinajstić information content (AvgIpc) is 0.934. The van der Waals surface area contributed by atoms with Crippen molar-refractivity contribution >= 4 is 70.9 Å². The first-order valence-corrected chi connectivity index (χ1v) is 40.0. The van der Waals surface area contributed by atoms with E-state index in [9.17, 15) is 50.3 Å². The van der Waals surface area contributed by atoms with Gasteiger partial charge in [0.2, 0.25) is 70.9 Å². The lowest BCUT2D eigenvalue weighted by atomic mass is 9.58. The van der Waals surface area contributed by atoms with E-state index in [0.717, 1.165) is 29.4 Å². The molecular formula is C78H122F8N12O14. The molecule has 6 fully saturated rings. The first kappa shape index (κ1) is 91.9. The summed E-state index contributed by atoms with van der Waals surface area (Å²) in [6, 6.07) is -11.8. The normalized spacial score (nSPS) is 31.7. The Labute approximate surface area is 653 Å². The maximum absolute atomic E-state index is 15.8. The van der Waals surface area contributed by atoms with E-state index in [1.54, 1.807) is 39.8 Å². The second-order valence-corrected chi connectivity index (χ2v) is 33.4. The van der Waals surface area contributed by atoms with Gasteiger partial charge in [-0.2, -0.15) is 26.3 Å². The van der Waals surface area contributed by atoms with Crippen LogP contribution in [0.2, 0.25) is 0 Å². The van der Waals surface area contributed by atoms with Gasteiger partial charge in [0.15, 0.2) is 0 Å². The number of halogens is 8. The van der Waals surface area contributed by atoms with Gasteiger partial charge < -0.3 is 69.5 Å². The molecule has 2 bridgehead atoms. The molecule has 12 amide bonds. The van der Waals surface area contributed by atoms with Crippen molar-refractivity contribution in [3.05, 3.63) is 12.2 Å². The number of alkyl halides is 8. The van der Waals surface area contributed by atoms with Crippen molar-refractivity contribution < 1.29 is 102 Å². The molecule has 7 rings (SSSR count). The van der Waals surface area contributed by atoms with Crippen LogP contribution < -0.4 is 16.0 Å². The van der Waals surface area contributed by atoms with Crippen LogP contribution in [-0.2, 0) is 67.0 Å². The van der Waals surface area contributed by atoms with Gasteiger partial charge in [-0.3, -0.25) is 57.5 Å². The Morgan fingerprint density at radius 3 is 1.86 bits per heavy atom. The fraction of sp³-hybridized carbons (Fsp3) is 0.821. The third-order valence-electron chi connectivity index (χ3n) is 24.6. The molecule has 26 nitrogen and oxygen atoms in total. The summed E-state index contributed by atoms with van der Waals surface area (Å²) in [6.45, 7) is 10.2. The van der Waals surface area contributed by atoms with Crippen molar-refractivity contribution in [3.8, 4) is 0 Å². The zero-order valence-corrected chi connectivity index (χ0v) is 67.7. The molecule has 4 aliphatic carbocycles. The van der Waals surface area contributed by atoms with Crippen LogP contribution in [0.25, 0.3) is 0 Å². The van der Waals surface area contributed by atoms with E-state index in [4.69, 9.17) is 9.47 Å². The van der Waals surface area contributed by atoms with Gasteiger partial charge in [-0.15, -0.1) is 0 Å². The summed E-state index contributed by atoms with van der Waals surface area (Å²) >= 11 is 0. The fourth-order valence-corrected chi connectivity index (χ4v) is 17.9. The van der Waals surface area contributed by atoms with Crippen molar-refractivity contribution in [1.29, 1.82) is 0 Å². The number of nitrogens with zero attached hydrogens (tertiary/aromatic N) is 9. The molecule has 3 heterocycles. The summed E-state index contributed by atoms with van der Waals surface area (Å²) in [5.41, 5.74) is -2.39. The maximum Gasteiger partial charge on any atom is 0.397 e. The number of carbonyl (C=O) groups excluding carboxylic acids is 12. The molecular weight excluding hydrogens is 1480 g/mol. The first-order chi connectivity index (χ1) is 52.5. The lowest BCUT2D eigenvalue weighted by Gasteiger charge is -2.54. The number of hydrogen-bond donors (Lipinski definition) is 3. The van der Waals surface area contributed by atoms with Crippen molar-refractivity contribution in [2.75, 3.05) is 102 Å². The predicted octanol–water partition coefficient (Wildman–Crippen LogP) is 6.76. The number of hydrogen-bond acceptors (Lipinski definition) is 14. The van der Waals surface area contributed by atoms with Crippen LogP contribution >= 0.6 is 0 Å². The standard InChI is InChI=1S/C78H122F8N12O14/c1-15-34-111-43-59-66(102)88-64(46(5)16-2)72(108)92(10)42-62(101)93(11)55-26-20-19-23-33-97(71(55)107)58(37-47-27-30-50(31-28-47)77(81,82)83)70(106)91(9)41-60(99)87-54(32-29-48-35-52(79)63(53(80)36-48)78(84,85)86)68(104)98-40-51(112-18-4)38-56(98)67(103)89-76(44-75(6,7)45-76)74(110)96(14)65(49-24-21-22-25-49)73(109)95(13)57(39-61(100)94(59)12)69(105)90(8)17-3/h19-20,46-59,63-65H,15-18,21-45H2,1-14H3,(H,87,99)(H,88,102)(H,89,103)/b20-19-/t46-,47?,48?,50?,51+,52?,53?,54-,55-,56-,57-,58-,59-,63?,64-,65-/m0/s1. The van der Waals surface area contributed by atoms with Crippen LogP contribution in [0.5, 0.6) is 0 Å². The molecule has 1 spiro atoms. The van der Waals surface area contributed by atoms with Gasteiger partial charge in [0.25, 0.3) is 0 Å².